The first kappa shape index (κ1) is 25.7. The number of carboxylic acids is 1. The molecule has 0 aliphatic heterocycles. The molecular formula is C30H28N4O5. The Morgan fingerprint density at radius 3 is 2.23 bits per heavy atom. The van der Waals surface area contributed by atoms with E-state index < -0.39 is 12.1 Å². The molecule has 1 aromatic heterocycles. The van der Waals surface area contributed by atoms with Crippen LogP contribution in [0.15, 0.2) is 91.3 Å². The first-order valence-corrected chi connectivity index (χ1v) is 12.7. The third kappa shape index (κ3) is 6.15. The Morgan fingerprint density at radius 1 is 0.923 bits per heavy atom. The van der Waals surface area contributed by atoms with Crippen LogP contribution in [-0.4, -0.2) is 50.9 Å². The van der Waals surface area contributed by atoms with Crippen LogP contribution in [0.3, 0.4) is 0 Å². The number of carboxylic acid groups (broad SMARTS) is 1. The molecule has 0 spiro atoms. The summed E-state index contributed by atoms with van der Waals surface area (Å²) in [5.74, 6) is -1.31. The maximum Gasteiger partial charge on any atom is 0.411 e. The minimum absolute atomic E-state index is 0.0510. The number of fused-ring (bicyclic) bond motifs is 3. The minimum Gasteiger partial charge on any atom is -0.481 e. The zero-order valence-corrected chi connectivity index (χ0v) is 21.2. The molecule has 2 amide bonds. The molecule has 2 N–H and O–H groups in total. The summed E-state index contributed by atoms with van der Waals surface area (Å²) in [4.78, 5) is 38.1. The van der Waals surface area contributed by atoms with Crippen molar-refractivity contribution in [3.8, 4) is 11.1 Å². The Labute approximate surface area is 225 Å². The zero-order chi connectivity index (χ0) is 27.2. The van der Waals surface area contributed by atoms with E-state index in [2.05, 4.69) is 34.7 Å². The van der Waals surface area contributed by atoms with Gasteiger partial charge >= 0.3 is 12.1 Å². The van der Waals surface area contributed by atoms with Crippen LogP contribution in [0.5, 0.6) is 0 Å². The second-order valence-electron chi connectivity index (χ2n) is 9.32. The Hall–Kier alpha value is -4.92. The number of hydrogen-bond donors (Lipinski definition) is 2. The average Bonchev–Trinajstić information content (AvgIpc) is 3.51. The first-order chi connectivity index (χ1) is 19.0. The Kier molecular flexibility index (Phi) is 7.68. The molecule has 0 bridgehead atoms. The van der Waals surface area contributed by atoms with Gasteiger partial charge in [0.05, 0.1) is 18.3 Å². The summed E-state index contributed by atoms with van der Waals surface area (Å²) in [6.07, 6.45) is 2.20. The monoisotopic (exact) mass is 524 g/mol. The predicted octanol–water partition coefficient (Wildman–Crippen LogP) is 4.75. The van der Waals surface area contributed by atoms with E-state index in [1.165, 1.54) is 22.0 Å². The number of hydrogen-bond acceptors (Lipinski definition) is 5. The number of anilines is 1. The summed E-state index contributed by atoms with van der Waals surface area (Å²) in [5, 5.41) is 15.9. The van der Waals surface area contributed by atoms with Crippen LogP contribution in [0.2, 0.25) is 0 Å². The van der Waals surface area contributed by atoms with Crippen LogP contribution in [-0.2, 0) is 27.4 Å². The number of carbonyl (C=O) groups is 3. The van der Waals surface area contributed by atoms with E-state index >= 15 is 0 Å². The van der Waals surface area contributed by atoms with Crippen LogP contribution >= 0.6 is 0 Å². The lowest BCUT2D eigenvalue weighted by Gasteiger charge is -2.22. The van der Waals surface area contributed by atoms with Gasteiger partial charge in [-0.05, 0) is 27.8 Å². The topological polar surface area (TPSA) is 114 Å². The molecule has 1 heterocycles. The minimum atomic E-state index is -0.977. The molecule has 0 fully saturated rings. The largest absolute Gasteiger partial charge is 0.481 e. The van der Waals surface area contributed by atoms with E-state index in [1.807, 2.05) is 54.6 Å². The summed E-state index contributed by atoms with van der Waals surface area (Å²) in [5.41, 5.74) is 5.84. The Balaban J connectivity index is 1.18. The molecule has 0 unspecified atom stereocenters. The Bertz CT molecular complexity index is 1440. The molecule has 0 saturated carbocycles. The molecule has 198 valence electrons. The molecule has 1 aliphatic carbocycles. The predicted molar refractivity (Wildman–Crippen MR) is 145 cm³/mol. The normalized spacial score (nSPS) is 11.9. The van der Waals surface area contributed by atoms with Gasteiger partial charge in [0, 0.05) is 25.2 Å². The van der Waals surface area contributed by atoms with Gasteiger partial charge in [0.25, 0.3) is 0 Å². The number of benzene rings is 3. The molecule has 5 rings (SSSR count). The van der Waals surface area contributed by atoms with Crippen molar-refractivity contribution >= 4 is 23.7 Å². The summed E-state index contributed by atoms with van der Waals surface area (Å²) in [7, 11) is 0. The maximum absolute atomic E-state index is 13.0. The number of nitrogens with one attached hydrogen (secondary N) is 1. The van der Waals surface area contributed by atoms with Gasteiger partial charge < -0.3 is 14.7 Å². The van der Waals surface area contributed by atoms with E-state index in [0.717, 1.165) is 27.8 Å². The SMILES string of the molecule is O=C(O)CCN(Cc1ccccc1)C(=O)Cn1cc(NC(=O)OCC2c3ccccc3-c3ccccc32)cn1. The number of amides is 2. The fourth-order valence-electron chi connectivity index (χ4n) is 4.83. The van der Waals surface area contributed by atoms with E-state index in [0.29, 0.717) is 12.2 Å². The van der Waals surface area contributed by atoms with Gasteiger partial charge in [0.15, 0.2) is 0 Å². The lowest BCUT2D eigenvalue weighted by atomic mass is 9.98. The van der Waals surface area contributed by atoms with E-state index in [-0.39, 0.29) is 37.9 Å². The van der Waals surface area contributed by atoms with Gasteiger partial charge in [-0.25, -0.2) is 4.79 Å². The van der Waals surface area contributed by atoms with Crippen molar-refractivity contribution in [1.82, 2.24) is 14.7 Å². The molecular weight excluding hydrogens is 496 g/mol. The molecule has 4 aromatic rings. The second kappa shape index (κ2) is 11.6. The fraction of sp³-hybridized carbons (Fsp3) is 0.200. The lowest BCUT2D eigenvalue weighted by molar-refractivity contribution is -0.139. The number of aliphatic carboxylic acids is 1. The molecule has 9 nitrogen and oxygen atoms in total. The van der Waals surface area contributed by atoms with Crippen molar-refractivity contribution in [2.75, 3.05) is 18.5 Å². The smallest absolute Gasteiger partial charge is 0.411 e. The van der Waals surface area contributed by atoms with Gasteiger partial charge in [-0.15, -0.1) is 0 Å². The number of aromatic nitrogens is 2. The molecule has 39 heavy (non-hydrogen) atoms. The standard InChI is InChI=1S/C30H28N4O5/c35-28(33(15-14-29(36)37)17-21-8-2-1-3-9-21)19-34-18-22(16-31-34)32-30(38)39-20-27-25-12-6-4-10-23(25)24-11-5-7-13-26(24)27/h1-13,16,18,27H,14-15,17,19-20H2,(H,32,38)(H,36,37). The quantitative estimate of drug-likeness (QED) is 0.310. The molecule has 0 atom stereocenters. The van der Waals surface area contributed by atoms with Crippen molar-refractivity contribution in [2.24, 2.45) is 0 Å². The highest BCUT2D eigenvalue weighted by Gasteiger charge is 2.29. The Morgan fingerprint density at radius 2 is 1.56 bits per heavy atom. The summed E-state index contributed by atoms with van der Waals surface area (Å²) in [6.45, 7) is 0.456. The average molecular weight is 525 g/mol. The molecule has 0 saturated heterocycles. The number of ether oxygens (including phenoxy) is 1. The highest BCUT2D eigenvalue weighted by Crippen LogP contribution is 2.44. The van der Waals surface area contributed by atoms with Crippen LogP contribution in [0.1, 0.15) is 29.0 Å². The van der Waals surface area contributed by atoms with Crippen molar-refractivity contribution < 1.29 is 24.2 Å². The van der Waals surface area contributed by atoms with Crippen LogP contribution in [0.25, 0.3) is 11.1 Å². The number of carbonyl (C=O) groups excluding carboxylic acids is 2. The third-order valence-electron chi connectivity index (χ3n) is 6.69. The number of rotatable bonds is 10. The highest BCUT2D eigenvalue weighted by molar-refractivity contribution is 5.85. The van der Waals surface area contributed by atoms with Crippen LogP contribution in [0, 0.1) is 0 Å². The van der Waals surface area contributed by atoms with Gasteiger partial charge in [-0.1, -0.05) is 78.9 Å². The van der Waals surface area contributed by atoms with Gasteiger partial charge in [-0.2, -0.15) is 5.10 Å². The zero-order valence-electron chi connectivity index (χ0n) is 21.2. The molecule has 3 aromatic carbocycles. The van der Waals surface area contributed by atoms with Gasteiger partial charge in [0.1, 0.15) is 13.2 Å². The van der Waals surface area contributed by atoms with E-state index in [9.17, 15) is 14.4 Å². The van der Waals surface area contributed by atoms with E-state index in [1.54, 1.807) is 0 Å². The first-order valence-electron chi connectivity index (χ1n) is 12.7. The highest BCUT2D eigenvalue weighted by atomic mass is 16.5. The van der Waals surface area contributed by atoms with Crippen molar-refractivity contribution in [2.45, 2.75) is 25.4 Å². The van der Waals surface area contributed by atoms with E-state index in [4.69, 9.17) is 9.84 Å². The number of nitrogens with zero attached hydrogens (tertiary/aromatic N) is 3. The second-order valence-corrected chi connectivity index (χ2v) is 9.32. The van der Waals surface area contributed by atoms with Gasteiger partial charge in [0.2, 0.25) is 5.91 Å². The van der Waals surface area contributed by atoms with Crippen molar-refractivity contribution in [3.05, 3.63) is 108 Å². The third-order valence-corrected chi connectivity index (χ3v) is 6.69. The fourth-order valence-corrected chi connectivity index (χ4v) is 4.83. The van der Waals surface area contributed by atoms with Crippen molar-refractivity contribution in [1.29, 1.82) is 0 Å². The summed E-state index contributed by atoms with van der Waals surface area (Å²) in [6, 6.07) is 25.6. The summed E-state index contributed by atoms with van der Waals surface area (Å²) >= 11 is 0. The van der Waals surface area contributed by atoms with Crippen LogP contribution < -0.4 is 5.32 Å². The molecule has 9 heteroatoms. The lowest BCUT2D eigenvalue weighted by Crippen LogP contribution is -2.35. The maximum atomic E-state index is 13.0. The molecule has 0 radical (unpaired) electrons. The van der Waals surface area contributed by atoms with Gasteiger partial charge in [-0.3, -0.25) is 19.6 Å². The summed E-state index contributed by atoms with van der Waals surface area (Å²) < 4.78 is 6.98. The van der Waals surface area contributed by atoms with Crippen LogP contribution in [0.4, 0.5) is 10.5 Å². The van der Waals surface area contributed by atoms with Crippen molar-refractivity contribution in [3.63, 3.8) is 0 Å². The molecule has 1 aliphatic rings.